The molecular formula is C16H16N3O3. The predicted molar refractivity (Wildman–Crippen MR) is 79.7 cm³/mol. The molecule has 22 heavy (non-hydrogen) atoms. The van der Waals surface area contributed by atoms with Crippen LogP contribution in [0, 0.1) is 18.3 Å². The zero-order valence-corrected chi connectivity index (χ0v) is 12.2. The van der Waals surface area contributed by atoms with Crippen molar-refractivity contribution in [2.75, 3.05) is 6.61 Å². The fourth-order valence-electron chi connectivity index (χ4n) is 2.09. The topological polar surface area (TPSA) is 88.1 Å². The number of aromatic nitrogens is 2. The van der Waals surface area contributed by atoms with Crippen LogP contribution in [0.1, 0.15) is 24.9 Å². The summed E-state index contributed by atoms with van der Waals surface area (Å²) >= 11 is 0. The van der Waals surface area contributed by atoms with Gasteiger partial charge in [-0.15, -0.1) is 0 Å². The Morgan fingerprint density at radius 2 is 2.18 bits per heavy atom. The van der Waals surface area contributed by atoms with Crippen LogP contribution < -0.4 is 0 Å². The molecule has 0 aliphatic rings. The lowest BCUT2D eigenvalue weighted by Crippen LogP contribution is -2.22. The summed E-state index contributed by atoms with van der Waals surface area (Å²) in [6.45, 7) is 5.66. The van der Waals surface area contributed by atoms with Gasteiger partial charge >= 0.3 is 5.97 Å². The standard InChI is InChI=1S/C16H16N3O3/c1-3-14(16(21)22-4-2)19-15(20)13(10-18-19)12-7-5-11(9-17)6-8-12/h5-8,10,14,20H,1,3-4H2,2H3. The molecule has 1 aromatic heterocycles. The van der Waals surface area contributed by atoms with Crippen LogP contribution in [-0.4, -0.2) is 27.5 Å². The van der Waals surface area contributed by atoms with E-state index >= 15 is 0 Å². The molecule has 6 nitrogen and oxygen atoms in total. The maximum atomic E-state index is 11.9. The van der Waals surface area contributed by atoms with E-state index in [-0.39, 0.29) is 18.9 Å². The summed E-state index contributed by atoms with van der Waals surface area (Å²) in [6.07, 6.45) is 1.68. The van der Waals surface area contributed by atoms with Crippen LogP contribution in [0.25, 0.3) is 11.1 Å². The number of rotatable bonds is 5. The summed E-state index contributed by atoms with van der Waals surface area (Å²) in [5, 5.41) is 23.2. The molecule has 6 heteroatoms. The van der Waals surface area contributed by atoms with Crippen molar-refractivity contribution in [1.29, 1.82) is 5.26 Å². The van der Waals surface area contributed by atoms with E-state index in [1.165, 1.54) is 10.9 Å². The number of carbonyl (C=O) groups excluding carboxylic acids is 1. The van der Waals surface area contributed by atoms with Crippen molar-refractivity contribution in [1.82, 2.24) is 9.78 Å². The lowest BCUT2D eigenvalue weighted by Gasteiger charge is -2.14. The third kappa shape index (κ3) is 2.93. The minimum absolute atomic E-state index is 0.133. The van der Waals surface area contributed by atoms with Crippen molar-refractivity contribution < 1.29 is 14.6 Å². The first-order chi connectivity index (χ1) is 10.6. The molecule has 1 aromatic carbocycles. The van der Waals surface area contributed by atoms with E-state index in [0.717, 1.165) is 0 Å². The Morgan fingerprint density at radius 3 is 2.73 bits per heavy atom. The van der Waals surface area contributed by atoms with Gasteiger partial charge in [0.15, 0.2) is 6.04 Å². The molecule has 1 atom stereocenters. The summed E-state index contributed by atoms with van der Waals surface area (Å²) in [5.74, 6) is -0.617. The smallest absolute Gasteiger partial charge is 0.331 e. The highest BCUT2D eigenvalue weighted by Crippen LogP contribution is 2.32. The van der Waals surface area contributed by atoms with Gasteiger partial charge in [-0.2, -0.15) is 10.4 Å². The summed E-state index contributed by atoms with van der Waals surface area (Å²) in [6, 6.07) is 7.98. The number of hydrogen-bond donors (Lipinski definition) is 1. The number of hydrogen-bond acceptors (Lipinski definition) is 5. The van der Waals surface area contributed by atoms with Crippen molar-refractivity contribution in [3.63, 3.8) is 0 Å². The quantitative estimate of drug-likeness (QED) is 0.857. The largest absolute Gasteiger partial charge is 0.493 e. The van der Waals surface area contributed by atoms with Crippen molar-refractivity contribution in [2.45, 2.75) is 19.4 Å². The van der Waals surface area contributed by atoms with E-state index in [9.17, 15) is 9.90 Å². The molecule has 0 amide bonds. The highest BCUT2D eigenvalue weighted by molar-refractivity contribution is 5.76. The molecule has 0 aliphatic heterocycles. The van der Waals surface area contributed by atoms with Crippen LogP contribution in [0.3, 0.4) is 0 Å². The maximum Gasteiger partial charge on any atom is 0.331 e. The van der Waals surface area contributed by atoms with Crippen LogP contribution in [-0.2, 0) is 9.53 Å². The summed E-state index contributed by atoms with van der Waals surface area (Å²) in [7, 11) is 0. The lowest BCUT2D eigenvalue weighted by molar-refractivity contribution is -0.147. The third-order valence-electron chi connectivity index (χ3n) is 3.22. The lowest BCUT2D eigenvalue weighted by atomic mass is 10.1. The van der Waals surface area contributed by atoms with E-state index in [0.29, 0.717) is 16.7 Å². The van der Waals surface area contributed by atoms with Gasteiger partial charge in [0.05, 0.1) is 30.0 Å². The average molecular weight is 298 g/mol. The third-order valence-corrected chi connectivity index (χ3v) is 3.22. The van der Waals surface area contributed by atoms with Gasteiger partial charge in [-0.25, -0.2) is 9.48 Å². The van der Waals surface area contributed by atoms with Crippen LogP contribution in [0.15, 0.2) is 30.5 Å². The van der Waals surface area contributed by atoms with E-state index in [4.69, 9.17) is 10.00 Å². The zero-order valence-electron chi connectivity index (χ0n) is 12.2. The highest BCUT2D eigenvalue weighted by atomic mass is 16.5. The molecule has 1 radical (unpaired) electrons. The summed E-state index contributed by atoms with van der Waals surface area (Å²) < 4.78 is 6.17. The average Bonchev–Trinajstić information content (AvgIpc) is 2.90. The monoisotopic (exact) mass is 298 g/mol. The maximum absolute atomic E-state index is 11.9. The Bertz CT molecular complexity index is 698. The molecule has 113 valence electrons. The highest BCUT2D eigenvalue weighted by Gasteiger charge is 2.25. The van der Waals surface area contributed by atoms with Crippen molar-refractivity contribution in [3.05, 3.63) is 42.9 Å². The van der Waals surface area contributed by atoms with Gasteiger partial charge in [-0.1, -0.05) is 19.1 Å². The van der Waals surface area contributed by atoms with E-state index in [1.54, 1.807) is 31.2 Å². The van der Waals surface area contributed by atoms with Crippen LogP contribution in [0.5, 0.6) is 5.88 Å². The Kier molecular flexibility index (Phi) is 4.79. The molecular weight excluding hydrogens is 282 g/mol. The van der Waals surface area contributed by atoms with Crippen molar-refractivity contribution in [3.8, 4) is 23.1 Å². The van der Waals surface area contributed by atoms with Crippen molar-refractivity contribution >= 4 is 5.97 Å². The molecule has 1 N–H and O–H groups in total. The van der Waals surface area contributed by atoms with E-state index in [1.807, 2.05) is 6.07 Å². The van der Waals surface area contributed by atoms with Crippen LogP contribution in [0.2, 0.25) is 0 Å². The minimum atomic E-state index is -0.771. The SMILES string of the molecule is [CH2]CC(C(=O)OCC)n1ncc(-c2ccc(C#N)cc2)c1O. The fraction of sp³-hybridized carbons (Fsp3) is 0.250. The van der Waals surface area contributed by atoms with Gasteiger partial charge in [0.25, 0.3) is 0 Å². The Balaban J connectivity index is 2.35. The molecule has 0 saturated carbocycles. The van der Waals surface area contributed by atoms with Crippen molar-refractivity contribution in [2.24, 2.45) is 0 Å². The molecule has 0 spiro atoms. The van der Waals surface area contributed by atoms with Gasteiger partial charge in [-0.3, -0.25) is 0 Å². The Hall–Kier alpha value is -2.81. The molecule has 2 aromatic rings. The van der Waals surface area contributed by atoms with Crippen LogP contribution >= 0.6 is 0 Å². The summed E-state index contributed by atoms with van der Waals surface area (Å²) in [5.41, 5.74) is 1.71. The number of nitrogens with zero attached hydrogens (tertiary/aromatic N) is 3. The molecule has 1 heterocycles. The molecule has 0 fully saturated rings. The second kappa shape index (κ2) is 6.76. The number of nitriles is 1. The number of aromatic hydroxyl groups is 1. The molecule has 1 unspecified atom stereocenters. The van der Waals surface area contributed by atoms with Gasteiger partial charge in [0, 0.05) is 0 Å². The number of carbonyl (C=O) groups is 1. The first-order valence-electron chi connectivity index (χ1n) is 6.85. The second-order valence-corrected chi connectivity index (χ2v) is 4.57. The Morgan fingerprint density at radius 1 is 1.50 bits per heavy atom. The number of ether oxygens (including phenoxy) is 1. The summed E-state index contributed by atoms with van der Waals surface area (Å²) in [4.78, 5) is 11.9. The number of esters is 1. The van der Waals surface area contributed by atoms with Gasteiger partial charge in [0.1, 0.15) is 0 Å². The first-order valence-corrected chi connectivity index (χ1v) is 6.85. The van der Waals surface area contributed by atoms with Crippen LogP contribution in [0.4, 0.5) is 0 Å². The first kappa shape index (κ1) is 15.6. The normalized spacial score (nSPS) is 11.7. The molecule has 2 rings (SSSR count). The van der Waals surface area contributed by atoms with E-state index in [2.05, 4.69) is 12.0 Å². The van der Waals surface area contributed by atoms with Gasteiger partial charge in [0.2, 0.25) is 5.88 Å². The molecule has 0 aliphatic carbocycles. The minimum Gasteiger partial charge on any atom is -0.493 e. The second-order valence-electron chi connectivity index (χ2n) is 4.57. The molecule has 0 bridgehead atoms. The predicted octanol–water partition coefficient (Wildman–Crippen LogP) is 2.46. The van der Waals surface area contributed by atoms with Gasteiger partial charge < -0.3 is 9.84 Å². The zero-order chi connectivity index (χ0) is 16.1. The van der Waals surface area contributed by atoms with Gasteiger partial charge in [-0.05, 0) is 31.0 Å². The molecule has 0 saturated heterocycles. The fourth-order valence-corrected chi connectivity index (χ4v) is 2.09. The number of benzene rings is 1. The van der Waals surface area contributed by atoms with E-state index < -0.39 is 12.0 Å². The Labute approximate surface area is 128 Å².